The first kappa shape index (κ1) is 14.5. The fraction of sp³-hybridized carbons (Fsp3) is 0.250. The van der Waals surface area contributed by atoms with Crippen LogP contribution in [-0.2, 0) is 0 Å². The highest BCUT2D eigenvalue weighted by Gasteiger charge is 2.28. The summed E-state index contributed by atoms with van der Waals surface area (Å²) >= 11 is 12.0. The lowest BCUT2D eigenvalue weighted by Gasteiger charge is -2.30. The van der Waals surface area contributed by atoms with E-state index in [4.69, 9.17) is 32.7 Å². The van der Waals surface area contributed by atoms with Gasteiger partial charge in [0.25, 0.3) is 0 Å². The van der Waals surface area contributed by atoms with Gasteiger partial charge in [0, 0.05) is 18.1 Å². The average Bonchev–Trinajstić information content (AvgIpc) is 2.49. The van der Waals surface area contributed by atoms with Gasteiger partial charge in [0.05, 0.1) is 23.3 Å². The van der Waals surface area contributed by atoms with Gasteiger partial charge in [-0.15, -0.1) is 0 Å². The van der Waals surface area contributed by atoms with E-state index in [9.17, 15) is 5.11 Å². The molecule has 0 saturated carbocycles. The van der Waals surface area contributed by atoms with E-state index in [1.54, 1.807) is 25.3 Å². The molecule has 3 nitrogen and oxygen atoms in total. The normalized spacial score (nSPS) is 20.6. The number of methoxy groups -OCH3 is 1. The van der Waals surface area contributed by atoms with Gasteiger partial charge in [-0.1, -0.05) is 29.3 Å². The molecule has 0 radical (unpaired) electrons. The first-order valence-electron chi connectivity index (χ1n) is 6.56. The predicted octanol–water partition coefficient (Wildman–Crippen LogP) is 4.56. The Bertz CT molecular complexity index is 673. The van der Waals surface area contributed by atoms with Crippen LogP contribution in [0.1, 0.15) is 29.8 Å². The van der Waals surface area contributed by atoms with Gasteiger partial charge in [0.1, 0.15) is 17.6 Å². The van der Waals surface area contributed by atoms with Crippen LogP contribution in [0.3, 0.4) is 0 Å². The zero-order valence-electron chi connectivity index (χ0n) is 11.3. The molecule has 1 aliphatic rings. The summed E-state index contributed by atoms with van der Waals surface area (Å²) in [6, 6.07) is 10.8. The van der Waals surface area contributed by atoms with E-state index in [1.807, 2.05) is 18.2 Å². The molecule has 1 heterocycles. The van der Waals surface area contributed by atoms with Gasteiger partial charge in [-0.3, -0.25) is 0 Å². The first-order valence-corrected chi connectivity index (χ1v) is 7.31. The van der Waals surface area contributed by atoms with Gasteiger partial charge in [0.2, 0.25) is 0 Å². The second kappa shape index (κ2) is 5.76. The van der Waals surface area contributed by atoms with Gasteiger partial charge < -0.3 is 14.6 Å². The molecule has 2 aromatic rings. The van der Waals surface area contributed by atoms with Crippen molar-refractivity contribution in [3.63, 3.8) is 0 Å². The van der Waals surface area contributed by atoms with Gasteiger partial charge >= 0.3 is 0 Å². The maximum absolute atomic E-state index is 10.3. The molecule has 110 valence electrons. The molecule has 3 rings (SSSR count). The van der Waals surface area contributed by atoms with Crippen LogP contribution in [0.15, 0.2) is 36.4 Å². The summed E-state index contributed by atoms with van der Waals surface area (Å²) in [4.78, 5) is 0. The Hall–Kier alpha value is -1.42. The molecular weight excluding hydrogens is 311 g/mol. The lowest BCUT2D eigenvalue weighted by molar-refractivity contribution is 0.0655. The fourth-order valence-corrected chi connectivity index (χ4v) is 2.77. The van der Waals surface area contributed by atoms with E-state index < -0.39 is 6.10 Å². The molecular formula is C16H14Cl2O3. The number of halogens is 2. The summed E-state index contributed by atoms with van der Waals surface area (Å²) in [5.74, 6) is 1.32. The third-order valence-electron chi connectivity index (χ3n) is 3.60. The summed E-state index contributed by atoms with van der Waals surface area (Å²) < 4.78 is 11.2. The molecule has 1 unspecified atom stereocenters. The van der Waals surface area contributed by atoms with Gasteiger partial charge in [-0.2, -0.15) is 0 Å². The second-order valence-corrected chi connectivity index (χ2v) is 5.75. The van der Waals surface area contributed by atoms with E-state index in [0.29, 0.717) is 28.0 Å². The molecule has 0 amide bonds. The van der Waals surface area contributed by atoms with Crippen LogP contribution < -0.4 is 9.47 Å². The maximum Gasteiger partial charge on any atom is 0.129 e. The van der Waals surface area contributed by atoms with Crippen molar-refractivity contribution in [3.05, 3.63) is 57.6 Å². The molecule has 0 spiro atoms. The highest BCUT2D eigenvalue weighted by molar-refractivity contribution is 6.42. The topological polar surface area (TPSA) is 38.7 Å². The van der Waals surface area contributed by atoms with Crippen LogP contribution in [0.5, 0.6) is 11.5 Å². The number of fused-ring (bicyclic) bond motifs is 1. The zero-order valence-corrected chi connectivity index (χ0v) is 12.9. The van der Waals surface area contributed by atoms with Crippen LogP contribution in [-0.4, -0.2) is 12.2 Å². The molecule has 1 N–H and O–H groups in total. The molecule has 0 fully saturated rings. The average molecular weight is 325 g/mol. The number of rotatable bonds is 2. The summed E-state index contributed by atoms with van der Waals surface area (Å²) in [7, 11) is 1.59. The second-order valence-electron chi connectivity index (χ2n) is 4.94. The molecule has 2 atom stereocenters. The molecule has 0 aromatic heterocycles. The number of hydrogen-bond acceptors (Lipinski definition) is 3. The van der Waals surface area contributed by atoms with Gasteiger partial charge in [0.15, 0.2) is 0 Å². The molecule has 0 aliphatic carbocycles. The van der Waals surface area contributed by atoms with Crippen molar-refractivity contribution in [2.45, 2.75) is 18.6 Å². The van der Waals surface area contributed by atoms with Crippen molar-refractivity contribution in [2.24, 2.45) is 0 Å². The van der Waals surface area contributed by atoms with Crippen molar-refractivity contribution in [2.75, 3.05) is 7.11 Å². The minimum atomic E-state index is -0.584. The van der Waals surface area contributed by atoms with Crippen LogP contribution in [0, 0.1) is 0 Å². The SMILES string of the molecule is COc1ccc2c(c1)OC(c1ccc(Cl)c(Cl)c1)C[C@@H]2O. The van der Waals surface area contributed by atoms with Gasteiger partial charge in [-0.05, 0) is 29.8 Å². The monoisotopic (exact) mass is 324 g/mol. The Morgan fingerprint density at radius 3 is 2.67 bits per heavy atom. The molecule has 1 aliphatic heterocycles. The lowest BCUT2D eigenvalue weighted by Crippen LogP contribution is -2.19. The molecule has 2 aromatic carbocycles. The molecule has 5 heteroatoms. The molecule has 0 bridgehead atoms. The summed E-state index contributed by atoms with van der Waals surface area (Å²) in [5.41, 5.74) is 1.66. The Morgan fingerprint density at radius 2 is 1.95 bits per heavy atom. The maximum atomic E-state index is 10.3. The van der Waals surface area contributed by atoms with Crippen molar-refractivity contribution in [1.82, 2.24) is 0 Å². The summed E-state index contributed by atoms with van der Waals surface area (Å²) in [6.45, 7) is 0. The van der Waals surface area contributed by atoms with E-state index >= 15 is 0 Å². The van der Waals surface area contributed by atoms with Crippen LogP contribution in [0.2, 0.25) is 10.0 Å². The van der Waals surface area contributed by atoms with E-state index in [1.165, 1.54) is 0 Å². The highest BCUT2D eigenvalue weighted by Crippen LogP contribution is 2.42. The van der Waals surface area contributed by atoms with Crippen molar-refractivity contribution < 1.29 is 14.6 Å². The lowest BCUT2D eigenvalue weighted by atomic mass is 9.95. The Morgan fingerprint density at radius 1 is 1.14 bits per heavy atom. The van der Waals surface area contributed by atoms with Crippen LogP contribution >= 0.6 is 23.2 Å². The summed E-state index contributed by atoms with van der Waals surface area (Å²) in [6.07, 6.45) is -0.384. The van der Waals surface area contributed by atoms with Crippen molar-refractivity contribution in [1.29, 1.82) is 0 Å². The number of benzene rings is 2. The third-order valence-corrected chi connectivity index (χ3v) is 4.34. The van der Waals surface area contributed by atoms with Crippen molar-refractivity contribution in [3.8, 4) is 11.5 Å². The quantitative estimate of drug-likeness (QED) is 0.880. The summed E-state index contributed by atoms with van der Waals surface area (Å²) in [5, 5.41) is 11.3. The smallest absolute Gasteiger partial charge is 0.129 e. The van der Waals surface area contributed by atoms with E-state index in [2.05, 4.69) is 0 Å². The number of ether oxygens (including phenoxy) is 2. The Balaban J connectivity index is 1.94. The van der Waals surface area contributed by atoms with Crippen LogP contribution in [0.4, 0.5) is 0 Å². The van der Waals surface area contributed by atoms with Crippen LogP contribution in [0.25, 0.3) is 0 Å². The van der Waals surface area contributed by atoms with Crippen molar-refractivity contribution >= 4 is 23.2 Å². The standard InChI is InChI=1S/C16H14Cl2O3/c1-20-10-3-4-11-14(19)8-15(21-16(11)7-10)9-2-5-12(17)13(18)6-9/h2-7,14-15,19H,8H2,1H3/t14-,15?/m0/s1. The fourth-order valence-electron chi connectivity index (χ4n) is 2.47. The third kappa shape index (κ3) is 2.82. The number of aliphatic hydroxyl groups is 1. The number of hydrogen-bond donors (Lipinski definition) is 1. The van der Waals surface area contributed by atoms with E-state index in [0.717, 1.165) is 11.1 Å². The molecule has 21 heavy (non-hydrogen) atoms. The first-order chi connectivity index (χ1) is 10.1. The Kier molecular flexibility index (Phi) is 3.98. The minimum absolute atomic E-state index is 0.269. The van der Waals surface area contributed by atoms with E-state index in [-0.39, 0.29) is 6.10 Å². The molecule has 0 saturated heterocycles. The predicted molar refractivity (Wildman–Crippen MR) is 82.4 cm³/mol. The zero-order chi connectivity index (χ0) is 15.0. The Labute approximate surface area is 133 Å². The number of aliphatic hydroxyl groups excluding tert-OH is 1. The minimum Gasteiger partial charge on any atom is -0.497 e. The van der Waals surface area contributed by atoms with Gasteiger partial charge in [-0.25, -0.2) is 0 Å². The highest BCUT2D eigenvalue weighted by atomic mass is 35.5. The largest absolute Gasteiger partial charge is 0.497 e.